The van der Waals surface area contributed by atoms with E-state index in [1.165, 1.54) is 6.42 Å². The first-order valence-corrected chi connectivity index (χ1v) is 10.2. The van der Waals surface area contributed by atoms with Crippen LogP contribution in [0.3, 0.4) is 0 Å². The number of nitrogens with one attached hydrogen (secondary N) is 3. The van der Waals surface area contributed by atoms with Crippen LogP contribution in [-0.2, 0) is 9.59 Å². The molecule has 0 saturated heterocycles. The normalized spacial score (nSPS) is 15.4. The average Bonchev–Trinajstić information content (AvgIpc) is 2.72. The molecule has 1 saturated carbocycles. The van der Waals surface area contributed by atoms with Gasteiger partial charge in [0.1, 0.15) is 5.75 Å². The van der Waals surface area contributed by atoms with Crippen LogP contribution in [0.1, 0.15) is 46.0 Å². The minimum atomic E-state index is -0.612. The lowest BCUT2D eigenvalue weighted by Gasteiger charge is -2.27. The van der Waals surface area contributed by atoms with E-state index in [4.69, 9.17) is 4.74 Å². The molecule has 0 radical (unpaired) electrons. The molecule has 1 fully saturated rings. The summed E-state index contributed by atoms with van der Waals surface area (Å²) in [6.45, 7) is 4.09. The second-order valence-electron chi connectivity index (χ2n) is 7.31. The van der Waals surface area contributed by atoms with Crippen LogP contribution < -0.4 is 20.7 Å². The highest BCUT2D eigenvalue weighted by atomic mass is 16.5. The van der Waals surface area contributed by atoms with Crippen molar-refractivity contribution in [1.29, 1.82) is 0 Å². The molecule has 0 heterocycles. The van der Waals surface area contributed by atoms with Gasteiger partial charge in [-0.05, 0) is 50.6 Å². The lowest BCUT2D eigenvalue weighted by molar-refractivity contribution is -0.126. The highest BCUT2D eigenvalue weighted by molar-refractivity contribution is 5.97. The summed E-state index contributed by atoms with van der Waals surface area (Å²) < 4.78 is 5.10. The minimum absolute atomic E-state index is 0.0430. The lowest BCUT2D eigenvalue weighted by Crippen LogP contribution is -2.52. The average molecular weight is 405 g/mol. The highest BCUT2D eigenvalue weighted by Crippen LogP contribution is 2.17. The van der Waals surface area contributed by atoms with E-state index >= 15 is 0 Å². The molecule has 0 aromatic heterocycles. The molecule has 8 heteroatoms. The zero-order chi connectivity index (χ0) is 21.2. The van der Waals surface area contributed by atoms with Crippen LogP contribution in [0, 0.1) is 0 Å². The first-order chi connectivity index (χ1) is 13.9. The fourth-order valence-electron chi connectivity index (χ4n) is 3.43. The molecule has 1 aliphatic carbocycles. The van der Waals surface area contributed by atoms with Crippen molar-refractivity contribution >= 4 is 23.5 Å². The number of amides is 4. The first-order valence-electron chi connectivity index (χ1n) is 10.2. The molecule has 8 nitrogen and oxygen atoms in total. The van der Waals surface area contributed by atoms with Gasteiger partial charge in [-0.25, -0.2) is 4.79 Å². The minimum Gasteiger partial charge on any atom is -0.497 e. The van der Waals surface area contributed by atoms with Gasteiger partial charge in [0, 0.05) is 11.7 Å². The summed E-state index contributed by atoms with van der Waals surface area (Å²) in [7, 11) is 1.58. The maximum Gasteiger partial charge on any atom is 0.321 e. The number of ether oxygens (including phenoxy) is 1. The van der Waals surface area contributed by atoms with E-state index in [-0.39, 0.29) is 18.5 Å². The fourth-order valence-corrected chi connectivity index (χ4v) is 3.43. The lowest BCUT2D eigenvalue weighted by atomic mass is 9.96. The van der Waals surface area contributed by atoms with Gasteiger partial charge in [0.25, 0.3) is 0 Å². The molecule has 160 valence electrons. The van der Waals surface area contributed by atoms with E-state index in [1.807, 2.05) is 6.92 Å². The van der Waals surface area contributed by atoms with E-state index < -0.39 is 18.0 Å². The van der Waals surface area contributed by atoms with Crippen LogP contribution in [-0.4, -0.2) is 55.0 Å². The number of anilines is 1. The number of rotatable bonds is 8. The molecule has 3 N–H and O–H groups in total. The Labute approximate surface area is 172 Å². The number of imide groups is 1. The number of likely N-dealkylation sites (N-methyl/N-ethyl adjacent to an activating group) is 1. The zero-order valence-corrected chi connectivity index (χ0v) is 17.5. The van der Waals surface area contributed by atoms with Crippen molar-refractivity contribution in [2.45, 2.75) is 58.0 Å². The Morgan fingerprint density at radius 1 is 1.14 bits per heavy atom. The molecule has 0 spiro atoms. The molecule has 4 amide bonds. The van der Waals surface area contributed by atoms with Crippen molar-refractivity contribution in [1.82, 2.24) is 15.5 Å². The number of methoxy groups -OCH3 is 1. The molecule has 1 aromatic rings. The molecule has 1 atom stereocenters. The van der Waals surface area contributed by atoms with Crippen LogP contribution in [0.5, 0.6) is 5.75 Å². The van der Waals surface area contributed by atoms with Gasteiger partial charge >= 0.3 is 6.03 Å². The number of carbonyl (C=O) groups is 3. The van der Waals surface area contributed by atoms with Crippen molar-refractivity contribution in [3.8, 4) is 5.75 Å². The molecule has 1 aliphatic rings. The smallest absolute Gasteiger partial charge is 0.321 e. The molecule has 0 bridgehead atoms. The first kappa shape index (κ1) is 22.7. The third-order valence-electron chi connectivity index (χ3n) is 5.23. The van der Waals surface area contributed by atoms with Crippen molar-refractivity contribution < 1.29 is 19.1 Å². The van der Waals surface area contributed by atoms with Gasteiger partial charge in [0.05, 0.1) is 19.7 Å². The quantitative estimate of drug-likeness (QED) is 0.618. The number of urea groups is 1. The van der Waals surface area contributed by atoms with E-state index in [2.05, 4.69) is 16.0 Å². The summed E-state index contributed by atoms with van der Waals surface area (Å²) in [6, 6.07) is 6.07. The SMILES string of the molecule is CCN(CC(=O)Nc1ccc(OC)cc1)[C@H](C)C(=O)NC(=O)NC1CCCCC1. The number of hydrogen-bond acceptors (Lipinski definition) is 5. The number of carbonyl (C=O) groups excluding carboxylic acids is 3. The molecule has 29 heavy (non-hydrogen) atoms. The van der Waals surface area contributed by atoms with Crippen molar-refractivity contribution in [2.24, 2.45) is 0 Å². The Kier molecular flexibility index (Phi) is 8.92. The predicted molar refractivity (Wildman–Crippen MR) is 112 cm³/mol. The molecular weight excluding hydrogens is 372 g/mol. The Balaban J connectivity index is 1.82. The standard InChI is InChI=1S/C21H32N4O4/c1-4-25(14-19(26)22-17-10-12-18(29-3)13-11-17)15(2)20(27)24-21(28)23-16-8-6-5-7-9-16/h10-13,15-16H,4-9,14H2,1-3H3,(H,22,26)(H2,23,24,27,28)/t15-/m1/s1. The summed E-state index contributed by atoms with van der Waals surface area (Å²) in [5.74, 6) is 0.0516. The summed E-state index contributed by atoms with van der Waals surface area (Å²) in [6.07, 6.45) is 5.29. The van der Waals surface area contributed by atoms with Gasteiger partial charge in [0.2, 0.25) is 11.8 Å². The van der Waals surface area contributed by atoms with E-state index in [0.29, 0.717) is 18.0 Å². The number of nitrogens with zero attached hydrogens (tertiary/aromatic N) is 1. The van der Waals surface area contributed by atoms with Crippen molar-refractivity contribution in [3.05, 3.63) is 24.3 Å². The van der Waals surface area contributed by atoms with Gasteiger partial charge in [-0.2, -0.15) is 0 Å². The molecule has 0 aliphatic heterocycles. The summed E-state index contributed by atoms with van der Waals surface area (Å²) in [5.41, 5.74) is 0.649. The van der Waals surface area contributed by atoms with E-state index in [9.17, 15) is 14.4 Å². The van der Waals surface area contributed by atoms with Crippen LogP contribution in [0.25, 0.3) is 0 Å². The van der Waals surface area contributed by atoms with Crippen LogP contribution >= 0.6 is 0 Å². The second-order valence-corrected chi connectivity index (χ2v) is 7.31. The number of hydrogen-bond donors (Lipinski definition) is 3. The topological polar surface area (TPSA) is 99.8 Å². The van der Waals surface area contributed by atoms with Gasteiger partial charge < -0.3 is 15.4 Å². The van der Waals surface area contributed by atoms with Crippen molar-refractivity contribution in [3.63, 3.8) is 0 Å². The van der Waals surface area contributed by atoms with Gasteiger partial charge in [0.15, 0.2) is 0 Å². The largest absolute Gasteiger partial charge is 0.497 e. The zero-order valence-electron chi connectivity index (χ0n) is 17.5. The third kappa shape index (κ3) is 7.38. The van der Waals surface area contributed by atoms with Crippen LogP contribution in [0.15, 0.2) is 24.3 Å². The molecule has 2 rings (SSSR count). The van der Waals surface area contributed by atoms with Crippen LogP contribution in [0.4, 0.5) is 10.5 Å². The monoisotopic (exact) mass is 404 g/mol. The van der Waals surface area contributed by atoms with E-state index in [0.717, 1.165) is 25.7 Å². The second kappa shape index (κ2) is 11.4. The van der Waals surface area contributed by atoms with Gasteiger partial charge in [-0.1, -0.05) is 26.2 Å². The molecule has 1 aromatic carbocycles. The van der Waals surface area contributed by atoms with E-state index in [1.54, 1.807) is 43.2 Å². The maximum absolute atomic E-state index is 12.4. The Morgan fingerprint density at radius 2 is 1.79 bits per heavy atom. The Morgan fingerprint density at radius 3 is 2.38 bits per heavy atom. The van der Waals surface area contributed by atoms with Gasteiger partial charge in [-0.3, -0.25) is 19.8 Å². The van der Waals surface area contributed by atoms with Crippen LogP contribution in [0.2, 0.25) is 0 Å². The van der Waals surface area contributed by atoms with Gasteiger partial charge in [-0.15, -0.1) is 0 Å². The van der Waals surface area contributed by atoms with Crippen molar-refractivity contribution in [2.75, 3.05) is 25.5 Å². The third-order valence-corrected chi connectivity index (χ3v) is 5.23. The summed E-state index contributed by atoms with van der Waals surface area (Å²) in [5, 5.41) is 8.07. The fraction of sp³-hybridized carbons (Fsp3) is 0.571. The maximum atomic E-state index is 12.4. The molecule has 0 unspecified atom stereocenters. The summed E-state index contributed by atoms with van der Waals surface area (Å²) in [4.78, 5) is 38.6. The highest BCUT2D eigenvalue weighted by Gasteiger charge is 2.24. The predicted octanol–water partition coefficient (Wildman–Crippen LogP) is 2.50. The number of benzene rings is 1. The summed E-state index contributed by atoms with van der Waals surface area (Å²) >= 11 is 0. The Bertz CT molecular complexity index is 686. The molecular formula is C21H32N4O4. The Hall–Kier alpha value is -2.61.